The minimum absolute atomic E-state index is 0.0975. The highest BCUT2D eigenvalue weighted by Crippen LogP contribution is 2.41. The summed E-state index contributed by atoms with van der Waals surface area (Å²) in [6, 6.07) is 5.62. The number of nitrogens with one attached hydrogen (secondary N) is 1. The second kappa shape index (κ2) is 6.35. The molecule has 0 aromatic heterocycles. The van der Waals surface area contributed by atoms with Crippen LogP contribution in [0.25, 0.3) is 0 Å². The summed E-state index contributed by atoms with van der Waals surface area (Å²) in [4.78, 5) is 11.7. The van der Waals surface area contributed by atoms with E-state index in [4.69, 9.17) is 9.47 Å². The van der Waals surface area contributed by atoms with Gasteiger partial charge in [-0.15, -0.1) is 0 Å². The highest BCUT2D eigenvalue weighted by molar-refractivity contribution is 5.80. The number of methoxy groups -OCH3 is 1. The van der Waals surface area contributed by atoms with Gasteiger partial charge in [0, 0.05) is 0 Å². The third kappa shape index (κ3) is 3.29. The molecule has 1 aromatic rings. The summed E-state index contributed by atoms with van der Waals surface area (Å²) >= 11 is 0. The van der Waals surface area contributed by atoms with E-state index in [2.05, 4.69) is 5.32 Å². The molecule has 2 N–H and O–H groups in total. The number of hydrogen-bond donors (Lipinski definition) is 2. The van der Waals surface area contributed by atoms with Gasteiger partial charge in [-0.1, -0.05) is 13.0 Å². The minimum Gasteiger partial charge on any atom is -0.493 e. The Labute approximate surface area is 125 Å². The first kappa shape index (κ1) is 15.6. The van der Waals surface area contributed by atoms with Gasteiger partial charge in [0.1, 0.15) is 6.61 Å². The number of likely N-dealkylation sites (N-methyl/N-ethyl adjacent to an activating group) is 1. The van der Waals surface area contributed by atoms with Crippen molar-refractivity contribution < 1.29 is 19.4 Å². The van der Waals surface area contributed by atoms with Crippen LogP contribution >= 0.6 is 0 Å². The van der Waals surface area contributed by atoms with Gasteiger partial charge in [0.2, 0.25) is 0 Å². The first-order valence-electron chi connectivity index (χ1n) is 7.29. The van der Waals surface area contributed by atoms with E-state index in [0.717, 1.165) is 18.4 Å². The monoisotopic (exact) mass is 293 g/mol. The standard InChI is InChI=1S/C16H23NO4/c1-4-17-16(15(18)19,12-6-7-12)10-21-13-8-5-11(2)9-14(13)20-3/h5,8-9,12,17H,4,6-7,10H2,1-3H3,(H,18,19). The van der Waals surface area contributed by atoms with Gasteiger partial charge in [-0.2, -0.15) is 0 Å². The lowest BCUT2D eigenvalue weighted by Crippen LogP contribution is -2.58. The fraction of sp³-hybridized carbons (Fsp3) is 0.562. The Hall–Kier alpha value is -1.75. The lowest BCUT2D eigenvalue weighted by atomic mass is 9.94. The molecule has 1 atom stereocenters. The zero-order chi connectivity index (χ0) is 15.5. The maximum atomic E-state index is 11.7. The number of carboxylic acids is 1. The van der Waals surface area contributed by atoms with Crippen LogP contribution in [0.5, 0.6) is 11.5 Å². The molecule has 5 heteroatoms. The zero-order valence-corrected chi connectivity index (χ0v) is 12.8. The molecule has 1 unspecified atom stereocenters. The number of benzene rings is 1. The first-order chi connectivity index (χ1) is 10.0. The molecule has 0 radical (unpaired) electrons. The normalized spacial score (nSPS) is 17.1. The van der Waals surface area contributed by atoms with Crippen LogP contribution in [0.15, 0.2) is 18.2 Å². The summed E-state index contributed by atoms with van der Waals surface area (Å²) in [7, 11) is 1.58. The van der Waals surface area contributed by atoms with E-state index in [0.29, 0.717) is 18.0 Å². The molecule has 21 heavy (non-hydrogen) atoms. The molecule has 0 saturated heterocycles. The number of ether oxygens (including phenoxy) is 2. The molecule has 0 bridgehead atoms. The SMILES string of the molecule is CCNC(COc1ccc(C)cc1OC)(C(=O)O)C1CC1. The summed E-state index contributed by atoms with van der Waals surface area (Å²) in [5.74, 6) is 0.484. The predicted octanol–water partition coefficient (Wildman–Crippen LogP) is 2.23. The van der Waals surface area contributed by atoms with Crippen molar-refractivity contribution in [3.05, 3.63) is 23.8 Å². The minimum atomic E-state index is -1.01. The van der Waals surface area contributed by atoms with Crippen molar-refractivity contribution in [2.75, 3.05) is 20.3 Å². The van der Waals surface area contributed by atoms with E-state index in [1.54, 1.807) is 7.11 Å². The Morgan fingerprint density at radius 1 is 1.43 bits per heavy atom. The molecule has 1 fully saturated rings. The van der Waals surface area contributed by atoms with Crippen LogP contribution in [-0.4, -0.2) is 36.9 Å². The average Bonchev–Trinajstić information content (AvgIpc) is 3.28. The maximum absolute atomic E-state index is 11.7. The molecular weight excluding hydrogens is 270 g/mol. The van der Waals surface area contributed by atoms with Crippen molar-refractivity contribution >= 4 is 5.97 Å². The summed E-state index contributed by atoms with van der Waals surface area (Å²) in [6.07, 6.45) is 1.85. The van der Waals surface area contributed by atoms with Crippen molar-refractivity contribution in [2.45, 2.75) is 32.2 Å². The highest BCUT2D eigenvalue weighted by Gasteiger charge is 2.51. The molecule has 1 saturated carbocycles. The van der Waals surface area contributed by atoms with E-state index in [1.807, 2.05) is 32.0 Å². The third-order valence-corrected chi connectivity index (χ3v) is 3.92. The lowest BCUT2D eigenvalue weighted by molar-refractivity contribution is -0.147. The molecule has 1 aliphatic rings. The van der Waals surface area contributed by atoms with E-state index in [9.17, 15) is 9.90 Å². The second-order valence-corrected chi connectivity index (χ2v) is 5.52. The first-order valence-corrected chi connectivity index (χ1v) is 7.29. The van der Waals surface area contributed by atoms with Crippen LogP contribution in [0, 0.1) is 12.8 Å². The smallest absolute Gasteiger partial charge is 0.327 e. The van der Waals surface area contributed by atoms with Crippen molar-refractivity contribution in [3.63, 3.8) is 0 Å². The largest absolute Gasteiger partial charge is 0.493 e. The average molecular weight is 293 g/mol. The van der Waals surface area contributed by atoms with Gasteiger partial charge in [-0.05, 0) is 49.9 Å². The summed E-state index contributed by atoms with van der Waals surface area (Å²) < 4.78 is 11.1. The van der Waals surface area contributed by atoms with Gasteiger partial charge in [0.25, 0.3) is 0 Å². The molecule has 2 rings (SSSR count). The van der Waals surface area contributed by atoms with E-state index < -0.39 is 11.5 Å². The van der Waals surface area contributed by atoms with Crippen LogP contribution in [0.4, 0.5) is 0 Å². The van der Waals surface area contributed by atoms with Crippen LogP contribution in [0.1, 0.15) is 25.3 Å². The Morgan fingerprint density at radius 2 is 2.14 bits per heavy atom. The number of hydrogen-bond acceptors (Lipinski definition) is 4. The highest BCUT2D eigenvalue weighted by atomic mass is 16.5. The summed E-state index contributed by atoms with van der Waals surface area (Å²) in [5, 5.41) is 12.8. The van der Waals surface area contributed by atoms with Gasteiger partial charge in [0.15, 0.2) is 17.0 Å². The Bertz CT molecular complexity index is 513. The summed E-state index contributed by atoms with van der Waals surface area (Å²) in [6.45, 7) is 4.57. The fourth-order valence-corrected chi connectivity index (χ4v) is 2.60. The number of carboxylic acid groups (broad SMARTS) is 1. The molecule has 1 aromatic carbocycles. The fourth-order valence-electron chi connectivity index (χ4n) is 2.60. The van der Waals surface area contributed by atoms with Crippen LogP contribution in [0.3, 0.4) is 0 Å². The predicted molar refractivity (Wildman–Crippen MR) is 80.0 cm³/mol. The number of rotatable bonds is 8. The number of aliphatic carboxylic acids is 1. The molecule has 1 aliphatic carbocycles. The number of carbonyl (C=O) groups is 1. The topological polar surface area (TPSA) is 67.8 Å². The van der Waals surface area contributed by atoms with Gasteiger partial charge in [-0.25, -0.2) is 0 Å². The van der Waals surface area contributed by atoms with Gasteiger partial charge < -0.3 is 14.6 Å². The van der Waals surface area contributed by atoms with Gasteiger partial charge >= 0.3 is 5.97 Å². The van der Waals surface area contributed by atoms with Crippen molar-refractivity contribution in [1.82, 2.24) is 5.32 Å². The van der Waals surface area contributed by atoms with E-state index in [-0.39, 0.29) is 12.5 Å². The van der Waals surface area contributed by atoms with Gasteiger partial charge in [0.05, 0.1) is 7.11 Å². The Balaban J connectivity index is 2.17. The van der Waals surface area contributed by atoms with Gasteiger partial charge in [-0.3, -0.25) is 10.1 Å². The van der Waals surface area contributed by atoms with Crippen molar-refractivity contribution in [3.8, 4) is 11.5 Å². The van der Waals surface area contributed by atoms with Crippen molar-refractivity contribution in [1.29, 1.82) is 0 Å². The molecule has 0 heterocycles. The van der Waals surface area contributed by atoms with Crippen LogP contribution in [-0.2, 0) is 4.79 Å². The lowest BCUT2D eigenvalue weighted by Gasteiger charge is -2.30. The number of aryl methyl sites for hydroxylation is 1. The zero-order valence-electron chi connectivity index (χ0n) is 12.8. The molecule has 0 amide bonds. The molecule has 0 aliphatic heterocycles. The quantitative estimate of drug-likeness (QED) is 0.769. The molecule has 0 spiro atoms. The second-order valence-electron chi connectivity index (χ2n) is 5.52. The third-order valence-electron chi connectivity index (χ3n) is 3.92. The Morgan fingerprint density at radius 3 is 2.67 bits per heavy atom. The molecule has 116 valence electrons. The van der Waals surface area contributed by atoms with E-state index >= 15 is 0 Å². The van der Waals surface area contributed by atoms with Crippen LogP contribution in [0.2, 0.25) is 0 Å². The van der Waals surface area contributed by atoms with Crippen molar-refractivity contribution in [2.24, 2.45) is 5.92 Å². The molecule has 5 nitrogen and oxygen atoms in total. The maximum Gasteiger partial charge on any atom is 0.327 e. The Kier molecular flexibility index (Phi) is 4.73. The molecular formula is C16H23NO4. The van der Waals surface area contributed by atoms with Crippen LogP contribution < -0.4 is 14.8 Å². The summed E-state index contributed by atoms with van der Waals surface area (Å²) in [5.41, 5.74) is 0.0579. The van der Waals surface area contributed by atoms with E-state index in [1.165, 1.54) is 0 Å².